The number of benzene rings is 3. The second kappa shape index (κ2) is 60.1. The maximum absolute atomic E-state index is 12.7. The number of hydrogen-bond donors (Lipinski definition) is 13. The van der Waals surface area contributed by atoms with Gasteiger partial charge in [0.1, 0.15) is 0 Å². The number of aliphatic carboxylic acids is 12. The number of hydrogen-bond acceptors (Lipinski definition) is 36. The average Bonchev–Trinajstić information content (AvgIpc) is 1.65. The van der Waals surface area contributed by atoms with E-state index in [0.29, 0.717) is 275 Å². The van der Waals surface area contributed by atoms with E-state index in [-0.39, 0.29) is 146 Å². The Morgan fingerprint density at radius 2 is 0.356 bits per heavy atom. The predicted molar refractivity (Wildman–Crippen MR) is 517 cm³/mol. The number of carbonyl (C=O) groups excluding carboxylic acids is 6. The fraction of sp³-hybridized carbons (Fsp3) is 0.564. The third-order valence-corrected chi connectivity index (χ3v) is 25.5. The highest BCUT2D eigenvalue weighted by Gasteiger charge is 2.39. The van der Waals surface area contributed by atoms with E-state index in [1.807, 2.05) is 19.6 Å². The first-order valence-corrected chi connectivity index (χ1v) is 48.0. The van der Waals surface area contributed by atoms with Gasteiger partial charge in [0.05, 0.1) is 112 Å². The Balaban J connectivity index is 0.000000238. The van der Waals surface area contributed by atoms with Crippen molar-refractivity contribution in [2.45, 2.75) is 20.0 Å². The van der Waals surface area contributed by atoms with Crippen LogP contribution in [0.5, 0.6) is 5.75 Å². The zero-order chi connectivity index (χ0) is 107. The summed E-state index contributed by atoms with van der Waals surface area (Å²) in [6.45, 7) is 12.8. The lowest BCUT2D eigenvalue weighted by Gasteiger charge is -2.33. The normalized spacial score (nSPS) is 19.0. The maximum atomic E-state index is 12.7. The van der Waals surface area contributed by atoms with Crippen molar-refractivity contribution in [1.29, 1.82) is 0 Å². The van der Waals surface area contributed by atoms with Crippen LogP contribution >= 0.6 is 0 Å². The molecule has 13 N–H and O–H groups in total. The molecule has 0 unspecified atom stereocenters. The monoisotopic (exact) mass is 2050 g/mol. The van der Waals surface area contributed by atoms with Gasteiger partial charge in [-0.1, -0.05) is 36.4 Å². The second-order valence-corrected chi connectivity index (χ2v) is 36.0. The van der Waals surface area contributed by atoms with Crippen molar-refractivity contribution in [2.24, 2.45) is 0 Å². The summed E-state index contributed by atoms with van der Waals surface area (Å²) < 4.78 is 1.39. The molecule has 3 aromatic carbocycles. The minimum Gasteiger partial charge on any atom is -0.503 e. The number of carboxylic acid groups (broad SMARTS) is 12. The van der Waals surface area contributed by atoms with E-state index in [1.165, 1.54) is 19.3 Å². The van der Waals surface area contributed by atoms with Crippen LogP contribution in [-0.2, 0) is 70.6 Å². The van der Waals surface area contributed by atoms with Gasteiger partial charge in [-0.15, -0.1) is 0 Å². The average molecular weight is 2060 g/mol. The third-order valence-electron chi connectivity index (χ3n) is 25.5. The highest BCUT2D eigenvalue weighted by molar-refractivity contribution is 6.23. The molecule has 6 amide bonds. The fourth-order valence-electron chi connectivity index (χ4n) is 17.6. The number of nitrogens with zero attached hydrogens (tertiary/aromatic N) is 20. The van der Waals surface area contributed by atoms with E-state index in [4.69, 9.17) is 0 Å². The third kappa shape index (κ3) is 40.3. The largest absolute Gasteiger partial charge is 0.503 e. The Morgan fingerprint density at radius 1 is 0.212 bits per heavy atom. The standard InChI is InChI=1S/3C24H33N5O8.C22H35N5O8/c3*30-20(31)15-26-7-5-25(13-14-29-23(36)18-3-1-2-4-19(18)24(29)37)6-8-27(16-21(32)33)10-12-28(11-9-26)17-22(34)35;1-2-27-4-3-17(21(34)22(27)35)13-23-5-7-24(14-18(28)29)9-11-26(16-20(32)33)12-10-25(8-6-23)15-19(30)31/h3*1-4H,5-17H2,(H,30,31)(H,32,33)(H,34,35);3-4,34H,2,5-16H2,1H3,(H,28,29)(H,30,31)(H,32,33). The van der Waals surface area contributed by atoms with Crippen molar-refractivity contribution in [3.05, 3.63) is 134 Å². The summed E-state index contributed by atoms with van der Waals surface area (Å²) in [5.41, 5.74) is 2.16. The van der Waals surface area contributed by atoms with Crippen molar-refractivity contribution < 1.29 is 153 Å². The first kappa shape index (κ1) is 118. The minimum absolute atomic E-state index is 0.149. The molecule has 0 bridgehead atoms. The van der Waals surface area contributed by atoms with E-state index in [9.17, 15) is 157 Å². The smallest absolute Gasteiger partial charge is 0.317 e. The van der Waals surface area contributed by atoms with Crippen molar-refractivity contribution in [3.63, 3.8) is 0 Å². The second-order valence-electron chi connectivity index (χ2n) is 36.0. The molecule has 8 heterocycles. The van der Waals surface area contributed by atoms with Gasteiger partial charge in [-0.2, -0.15) is 0 Å². The molecule has 4 aromatic rings. The van der Waals surface area contributed by atoms with Crippen molar-refractivity contribution in [2.75, 3.05) is 327 Å². The van der Waals surface area contributed by atoms with Gasteiger partial charge in [-0.05, 0) is 49.4 Å². The van der Waals surface area contributed by atoms with Crippen LogP contribution in [0, 0.1) is 0 Å². The number of pyridine rings is 1. The Bertz CT molecular complexity index is 4640. The van der Waals surface area contributed by atoms with Crippen LogP contribution in [-0.4, -0.2) is 598 Å². The predicted octanol–water partition coefficient (Wildman–Crippen LogP) is -5.18. The highest BCUT2D eigenvalue weighted by atomic mass is 16.4. The molecule has 0 saturated carbocycles. The van der Waals surface area contributed by atoms with Crippen LogP contribution < -0.4 is 5.56 Å². The summed E-state index contributed by atoms with van der Waals surface area (Å²) in [7, 11) is 0. The molecule has 0 radical (unpaired) electrons. The number of carbonyl (C=O) groups is 18. The summed E-state index contributed by atoms with van der Waals surface area (Å²) in [6, 6.07) is 21.6. The molecule has 4 saturated heterocycles. The van der Waals surface area contributed by atoms with Gasteiger partial charge in [0.15, 0.2) is 5.75 Å². The molecule has 7 aliphatic heterocycles. The first-order chi connectivity index (χ1) is 69.5. The highest BCUT2D eigenvalue weighted by Crippen LogP contribution is 2.26. The summed E-state index contributed by atoms with van der Waals surface area (Å²) >= 11 is 0. The van der Waals surface area contributed by atoms with Gasteiger partial charge in [-0.25, -0.2) is 0 Å². The van der Waals surface area contributed by atoms with Gasteiger partial charge < -0.3 is 71.0 Å². The molecule has 11 rings (SSSR count). The first-order valence-electron chi connectivity index (χ1n) is 48.0. The molecule has 4 fully saturated rings. The molecule has 52 heteroatoms. The number of aryl methyl sites for hydroxylation is 1. The van der Waals surface area contributed by atoms with E-state index in [1.54, 1.807) is 151 Å². The van der Waals surface area contributed by atoms with E-state index < -0.39 is 77.2 Å². The quantitative estimate of drug-likeness (QED) is 0.0189. The molecule has 7 aliphatic rings. The number of fused-ring (bicyclic) bond motifs is 3. The van der Waals surface area contributed by atoms with E-state index in [0.717, 1.165) is 0 Å². The van der Waals surface area contributed by atoms with Crippen LogP contribution in [0.2, 0.25) is 0 Å². The van der Waals surface area contributed by atoms with Crippen LogP contribution in [0.15, 0.2) is 89.9 Å². The number of aromatic hydroxyl groups is 1. The molecule has 0 aliphatic carbocycles. The Labute approximate surface area is 841 Å². The number of rotatable bonds is 36. The zero-order valence-corrected chi connectivity index (χ0v) is 81.9. The Kier molecular flexibility index (Phi) is 48.6. The molecular formula is C94H134N20O32. The summed E-state index contributed by atoms with van der Waals surface area (Å²) in [6.07, 6.45) is 1.61. The lowest BCUT2D eigenvalue weighted by Crippen LogP contribution is -2.49. The molecule has 1 aromatic heterocycles. The van der Waals surface area contributed by atoms with Gasteiger partial charge in [-0.3, -0.25) is 184 Å². The SMILES string of the molecule is CCn1ccc(CN2CCN(CC(=O)O)CCN(CC(=O)O)CCN(CC(=O)O)CC2)c(O)c1=O.O=C(O)CN1CCN(CCN2C(=O)c3ccccc3C2=O)CCN(CC(=O)O)CCN(CC(=O)O)CC1.O=C(O)CN1CCN(CCN2C(=O)c3ccccc3C2=O)CCN(CC(=O)O)CCN(CC(=O)O)CC1.O=C(O)CN1CCN(CCN2C(=O)c3ccccc3C2=O)CCN(CC(=O)O)CCN(CC(=O)O)CC1. The van der Waals surface area contributed by atoms with Crippen molar-refractivity contribution in [1.82, 2.24) is 97.7 Å². The number of imide groups is 3. The summed E-state index contributed by atoms with van der Waals surface area (Å²) in [5, 5.41) is 122. The summed E-state index contributed by atoms with van der Waals surface area (Å²) in [4.78, 5) is 257. The minimum atomic E-state index is -1.01. The van der Waals surface area contributed by atoms with Gasteiger partial charge in [0.2, 0.25) is 0 Å². The van der Waals surface area contributed by atoms with Crippen LogP contribution in [0.25, 0.3) is 0 Å². The van der Waals surface area contributed by atoms with Crippen LogP contribution in [0.4, 0.5) is 0 Å². The molecule has 802 valence electrons. The Morgan fingerprint density at radius 3 is 0.500 bits per heavy atom. The van der Waals surface area contributed by atoms with Crippen LogP contribution in [0.3, 0.4) is 0 Å². The van der Waals surface area contributed by atoms with Crippen molar-refractivity contribution >= 4 is 107 Å². The van der Waals surface area contributed by atoms with Gasteiger partial charge >= 0.3 is 71.6 Å². The molecule has 0 atom stereocenters. The fourth-order valence-corrected chi connectivity index (χ4v) is 17.6. The molecule has 146 heavy (non-hydrogen) atoms. The number of aromatic nitrogens is 1. The van der Waals surface area contributed by atoms with Crippen LogP contribution in [0.1, 0.15) is 74.6 Å². The number of carboxylic acids is 12. The summed E-state index contributed by atoms with van der Waals surface area (Å²) in [5.74, 6) is -14.5. The lowest BCUT2D eigenvalue weighted by molar-refractivity contribution is -0.140. The number of amides is 6. The topological polar surface area (TPSA) is 654 Å². The van der Waals surface area contributed by atoms with E-state index in [2.05, 4.69) is 0 Å². The molecule has 0 spiro atoms. The van der Waals surface area contributed by atoms with Gasteiger partial charge in [0, 0.05) is 274 Å². The van der Waals surface area contributed by atoms with Gasteiger partial charge in [0.25, 0.3) is 41.0 Å². The van der Waals surface area contributed by atoms with E-state index >= 15 is 0 Å². The van der Waals surface area contributed by atoms with Crippen molar-refractivity contribution in [3.8, 4) is 5.75 Å². The Hall–Kier alpha value is -13.2. The zero-order valence-electron chi connectivity index (χ0n) is 81.9. The maximum Gasteiger partial charge on any atom is 0.317 e. The lowest BCUT2D eigenvalue weighted by atomic mass is 10.1. The molecular weight excluding hydrogens is 1920 g/mol. The molecule has 52 nitrogen and oxygen atoms in total.